The second-order valence-electron chi connectivity index (χ2n) is 7.65. The number of carbonyl (C=O) groups excluding carboxylic acids is 3. The molecule has 2 N–H and O–H groups in total. The number of para-hydroxylation sites is 1. The number of amides is 2. The van der Waals surface area contributed by atoms with Gasteiger partial charge in [0.1, 0.15) is 11.5 Å². The molecule has 0 aliphatic carbocycles. The van der Waals surface area contributed by atoms with Crippen molar-refractivity contribution in [3.63, 3.8) is 0 Å². The fourth-order valence-corrected chi connectivity index (χ4v) is 2.92. The van der Waals surface area contributed by atoms with E-state index in [1.807, 2.05) is 19.1 Å². The van der Waals surface area contributed by atoms with Gasteiger partial charge in [-0.2, -0.15) is 5.10 Å². The molecular weight excluding hydrogens is 446 g/mol. The summed E-state index contributed by atoms with van der Waals surface area (Å²) in [5.41, 5.74) is 4.62. The first-order chi connectivity index (χ1) is 17.0. The van der Waals surface area contributed by atoms with Crippen molar-refractivity contribution in [2.75, 3.05) is 11.9 Å². The molecule has 2 amide bonds. The van der Waals surface area contributed by atoms with E-state index in [1.165, 1.54) is 6.21 Å². The number of benzene rings is 3. The molecule has 0 unspecified atom stereocenters. The minimum Gasteiger partial charge on any atom is -0.494 e. The highest BCUT2D eigenvalue weighted by molar-refractivity contribution is 6.39. The Morgan fingerprint density at radius 2 is 1.57 bits per heavy atom. The molecule has 0 radical (unpaired) electrons. The van der Waals surface area contributed by atoms with Crippen LogP contribution < -0.4 is 20.2 Å². The van der Waals surface area contributed by atoms with Gasteiger partial charge in [0.2, 0.25) is 0 Å². The quantitative estimate of drug-likeness (QED) is 0.119. The molecule has 0 saturated heterocycles. The lowest BCUT2D eigenvalue weighted by Crippen LogP contribution is -2.32. The zero-order valence-electron chi connectivity index (χ0n) is 19.6. The lowest BCUT2D eigenvalue weighted by molar-refractivity contribution is -0.136. The van der Waals surface area contributed by atoms with Gasteiger partial charge in [0.25, 0.3) is 0 Å². The van der Waals surface area contributed by atoms with E-state index < -0.39 is 17.8 Å². The van der Waals surface area contributed by atoms with Crippen molar-refractivity contribution in [1.82, 2.24) is 5.43 Å². The molecule has 0 aliphatic heterocycles. The molecule has 3 rings (SSSR count). The molecule has 3 aromatic carbocycles. The van der Waals surface area contributed by atoms with E-state index in [4.69, 9.17) is 9.47 Å². The molecule has 180 valence electrons. The molecule has 0 bridgehead atoms. The highest BCUT2D eigenvalue weighted by atomic mass is 16.5. The number of unbranched alkanes of at least 4 members (excludes halogenated alkanes) is 1. The Hall–Kier alpha value is -4.46. The Morgan fingerprint density at radius 1 is 0.886 bits per heavy atom. The molecule has 0 atom stereocenters. The van der Waals surface area contributed by atoms with Gasteiger partial charge in [0.15, 0.2) is 0 Å². The summed E-state index contributed by atoms with van der Waals surface area (Å²) in [7, 11) is 0. The highest BCUT2D eigenvalue weighted by Crippen LogP contribution is 2.17. The minimum atomic E-state index is -0.892. The van der Waals surface area contributed by atoms with Gasteiger partial charge in [0.05, 0.1) is 18.4 Å². The van der Waals surface area contributed by atoms with Crippen LogP contribution in [0.2, 0.25) is 0 Å². The summed E-state index contributed by atoms with van der Waals surface area (Å²) in [6, 6.07) is 20.5. The van der Waals surface area contributed by atoms with E-state index in [9.17, 15) is 14.4 Å². The summed E-state index contributed by atoms with van der Waals surface area (Å²) < 4.78 is 11.0. The van der Waals surface area contributed by atoms with Gasteiger partial charge in [-0.05, 0) is 79.1 Å². The number of ether oxygens (including phenoxy) is 2. The van der Waals surface area contributed by atoms with Crippen molar-refractivity contribution in [3.05, 3.63) is 89.5 Å². The molecule has 0 heterocycles. The Morgan fingerprint density at radius 3 is 2.26 bits per heavy atom. The predicted octanol–water partition coefficient (Wildman–Crippen LogP) is 4.48. The summed E-state index contributed by atoms with van der Waals surface area (Å²) in [4.78, 5) is 36.3. The highest BCUT2D eigenvalue weighted by Gasteiger charge is 2.13. The van der Waals surface area contributed by atoms with Crippen LogP contribution in [0.15, 0.2) is 77.9 Å². The number of carbonyl (C=O) groups is 3. The largest absolute Gasteiger partial charge is 0.494 e. The normalized spacial score (nSPS) is 10.6. The van der Waals surface area contributed by atoms with Gasteiger partial charge in [-0.1, -0.05) is 31.5 Å². The number of nitrogens with zero attached hydrogens (tertiary/aromatic N) is 1. The van der Waals surface area contributed by atoms with Crippen LogP contribution in [0, 0.1) is 6.92 Å². The van der Waals surface area contributed by atoms with Crippen molar-refractivity contribution in [1.29, 1.82) is 0 Å². The lowest BCUT2D eigenvalue weighted by atomic mass is 10.2. The van der Waals surface area contributed by atoms with Crippen LogP contribution in [0.4, 0.5) is 5.69 Å². The topological polar surface area (TPSA) is 106 Å². The monoisotopic (exact) mass is 473 g/mol. The molecular formula is C27H27N3O5. The maximum Gasteiger partial charge on any atom is 0.343 e. The smallest absolute Gasteiger partial charge is 0.343 e. The van der Waals surface area contributed by atoms with Gasteiger partial charge in [0, 0.05) is 5.69 Å². The van der Waals surface area contributed by atoms with Gasteiger partial charge in [-0.15, -0.1) is 0 Å². The van der Waals surface area contributed by atoms with Gasteiger partial charge < -0.3 is 14.8 Å². The number of hydrazone groups is 1. The van der Waals surface area contributed by atoms with Crippen molar-refractivity contribution >= 4 is 29.7 Å². The van der Waals surface area contributed by atoms with Crippen molar-refractivity contribution in [2.24, 2.45) is 5.10 Å². The standard InChI is InChI=1S/C27H27N3O5/c1-3-4-17-34-22-15-11-21(12-16-22)27(33)35-23-13-9-20(10-14-23)18-28-30-26(32)25(31)29-24-8-6-5-7-19(24)2/h5-16,18H,3-4,17H2,1-2H3,(H,29,31)(H,30,32). The fourth-order valence-electron chi connectivity index (χ4n) is 2.92. The third kappa shape index (κ3) is 7.82. The maximum atomic E-state index is 12.4. The van der Waals surface area contributed by atoms with Gasteiger partial charge in [-0.3, -0.25) is 9.59 Å². The maximum absolute atomic E-state index is 12.4. The number of rotatable bonds is 9. The van der Waals surface area contributed by atoms with E-state index in [1.54, 1.807) is 60.7 Å². The number of anilines is 1. The van der Waals surface area contributed by atoms with Crippen LogP contribution in [0.1, 0.15) is 41.3 Å². The first-order valence-corrected chi connectivity index (χ1v) is 11.2. The van der Waals surface area contributed by atoms with Crippen LogP contribution in [-0.2, 0) is 9.59 Å². The first-order valence-electron chi connectivity index (χ1n) is 11.2. The van der Waals surface area contributed by atoms with Crippen LogP contribution in [0.25, 0.3) is 0 Å². The number of nitrogens with one attached hydrogen (secondary N) is 2. The summed E-state index contributed by atoms with van der Waals surface area (Å²) >= 11 is 0. The van der Waals surface area contributed by atoms with Crippen LogP contribution in [0.5, 0.6) is 11.5 Å². The van der Waals surface area contributed by atoms with Gasteiger partial charge in [-0.25, -0.2) is 10.2 Å². The molecule has 8 nitrogen and oxygen atoms in total. The molecule has 0 fully saturated rings. The van der Waals surface area contributed by atoms with Crippen molar-refractivity contribution < 1.29 is 23.9 Å². The van der Waals surface area contributed by atoms with Crippen molar-refractivity contribution in [2.45, 2.75) is 26.7 Å². The molecule has 0 saturated carbocycles. The number of esters is 1. The molecule has 8 heteroatoms. The summed E-state index contributed by atoms with van der Waals surface area (Å²) in [6.45, 7) is 4.56. The SMILES string of the molecule is CCCCOc1ccc(C(=O)Oc2ccc(C=NNC(=O)C(=O)Nc3ccccc3C)cc2)cc1. The van der Waals surface area contributed by atoms with E-state index in [2.05, 4.69) is 22.8 Å². The molecule has 35 heavy (non-hydrogen) atoms. The van der Waals surface area contributed by atoms with E-state index in [0.717, 1.165) is 18.4 Å². The third-order valence-corrected chi connectivity index (χ3v) is 4.93. The molecule has 3 aromatic rings. The zero-order valence-corrected chi connectivity index (χ0v) is 19.6. The summed E-state index contributed by atoms with van der Waals surface area (Å²) in [5.74, 6) is -1.13. The first kappa shape index (κ1) is 25.2. The van der Waals surface area contributed by atoms with Gasteiger partial charge >= 0.3 is 17.8 Å². The van der Waals surface area contributed by atoms with Crippen LogP contribution >= 0.6 is 0 Å². The van der Waals surface area contributed by atoms with Crippen LogP contribution in [-0.4, -0.2) is 30.6 Å². The molecule has 0 spiro atoms. The minimum absolute atomic E-state index is 0.358. The Labute approximate surface area is 204 Å². The fraction of sp³-hybridized carbons (Fsp3) is 0.185. The number of hydrogen-bond acceptors (Lipinski definition) is 6. The lowest BCUT2D eigenvalue weighted by Gasteiger charge is -2.07. The average Bonchev–Trinajstić information content (AvgIpc) is 2.87. The Bertz CT molecular complexity index is 1190. The summed E-state index contributed by atoms with van der Waals surface area (Å²) in [6.07, 6.45) is 3.40. The third-order valence-electron chi connectivity index (χ3n) is 4.93. The van der Waals surface area contributed by atoms with Crippen LogP contribution in [0.3, 0.4) is 0 Å². The average molecular weight is 474 g/mol. The van der Waals surface area contributed by atoms with Crippen molar-refractivity contribution in [3.8, 4) is 11.5 Å². The zero-order chi connectivity index (χ0) is 25.0. The molecule has 0 aromatic heterocycles. The number of hydrogen-bond donors (Lipinski definition) is 2. The Kier molecular flexibility index (Phi) is 9.13. The second kappa shape index (κ2) is 12.7. The van der Waals surface area contributed by atoms with E-state index in [-0.39, 0.29) is 0 Å². The predicted molar refractivity (Wildman–Crippen MR) is 134 cm³/mol. The number of aryl methyl sites for hydroxylation is 1. The molecule has 0 aliphatic rings. The second-order valence-corrected chi connectivity index (χ2v) is 7.65. The summed E-state index contributed by atoms with van der Waals surface area (Å²) in [5, 5.41) is 6.33. The Balaban J connectivity index is 1.47. The van der Waals surface area contributed by atoms with E-state index >= 15 is 0 Å². The van der Waals surface area contributed by atoms with E-state index in [0.29, 0.717) is 34.9 Å².